The molecular weight excluding hydrogens is 348 g/mol. The van der Waals surface area contributed by atoms with Gasteiger partial charge >= 0.3 is 12.4 Å². The van der Waals surface area contributed by atoms with E-state index in [2.05, 4.69) is 0 Å². The molecule has 1 saturated heterocycles. The third kappa shape index (κ3) is 3.79. The molecule has 1 atom stereocenters. The average molecular weight is 361 g/mol. The second-order valence-electron chi connectivity index (χ2n) is 5.19. The van der Waals surface area contributed by atoms with E-state index in [1.54, 1.807) is 0 Å². The van der Waals surface area contributed by atoms with E-state index in [-0.39, 0.29) is 25.8 Å². The Hall–Kier alpha value is -1.29. The Kier molecular flexibility index (Phi) is 4.69. The van der Waals surface area contributed by atoms with Crippen LogP contribution in [0.2, 0.25) is 0 Å². The van der Waals surface area contributed by atoms with Gasteiger partial charge in [0, 0.05) is 6.54 Å². The van der Waals surface area contributed by atoms with Crippen molar-refractivity contribution in [1.82, 2.24) is 4.31 Å². The minimum atomic E-state index is -4.72. The van der Waals surface area contributed by atoms with Crippen LogP contribution in [0, 0.1) is 0 Å². The highest BCUT2D eigenvalue weighted by Gasteiger charge is 2.49. The molecule has 1 aromatic rings. The van der Waals surface area contributed by atoms with Gasteiger partial charge in [0.25, 0.3) is 0 Å². The molecule has 0 N–H and O–H groups in total. The lowest BCUT2D eigenvalue weighted by molar-refractivity contribution is -0.177. The van der Waals surface area contributed by atoms with Gasteiger partial charge in [-0.15, -0.1) is 0 Å². The third-order valence-corrected chi connectivity index (χ3v) is 5.54. The van der Waals surface area contributed by atoms with Crippen molar-refractivity contribution in [2.75, 3.05) is 6.54 Å². The number of piperidine rings is 1. The van der Waals surface area contributed by atoms with Gasteiger partial charge in [-0.2, -0.15) is 30.6 Å². The summed E-state index contributed by atoms with van der Waals surface area (Å²) >= 11 is 0. The quantitative estimate of drug-likeness (QED) is 0.752. The monoisotopic (exact) mass is 361 g/mol. The molecule has 0 aliphatic carbocycles. The second-order valence-corrected chi connectivity index (χ2v) is 7.08. The first kappa shape index (κ1) is 18.1. The average Bonchev–Trinajstić information content (AvgIpc) is 2.45. The highest BCUT2D eigenvalue weighted by molar-refractivity contribution is 7.89. The maximum Gasteiger partial charge on any atom is 0.416 e. The van der Waals surface area contributed by atoms with Crippen molar-refractivity contribution >= 4 is 10.0 Å². The van der Waals surface area contributed by atoms with Crippen LogP contribution in [0.3, 0.4) is 0 Å². The number of nitrogens with zero attached hydrogens (tertiary/aromatic N) is 1. The van der Waals surface area contributed by atoms with E-state index < -0.39 is 38.9 Å². The SMILES string of the molecule is O=S(=O)(c1ccc(C(F)(F)F)cc1)N1CCCCC1C(F)(F)F. The summed E-state index contributed by atoms with van der Waals surface area (Å²) in [6.45, 7) is -0.312. The van der Waals surface area contributed by atoms with Crippen molar-refractivity contribution < 1.29 is 34.8 Å². The van der Waals surface area contributed by atoms with Gasteiger partial charge < -0.3 is 0 Å². The smallest absolute Gasteiger partial charge is 0.207 e. The Bertz CT molecular complexity index is 651. The maximum atomic E-state index is 13.0. The predicted octanol–water partition coefficient (Wildman–Crippen LogP) is 3.81. The molecule has 0 bridgehead atoms. The van der Waals surface area contributed by atoms with Gasteiger partial charge in [-0.05, 0) is 37.1 Å². The number of sulfonamides is 1. The van der Waals surface area contributed by atoms with Crippen LogP contribution in [-0.4, -0.2) is 31.5 Å². The summed E-state index contributed by atoms with van der Waals surface area (Å²) in [7, 11) is -4.51. The van der Waals surface area contributed by atoms with Gasteiger partial charge in [0.1, 0.15) is 6.04 Å². The molecule has 1 heterocycles. The van der Waals surface area contributed by atoms with Crippen LogP contribution >= 0.6 is 0 Å². The van der Waals surface area contributed by atoms with E-state index in [1.165, 1.54) is 0 Å². The highest BCUT2D eigenvalue weighted by atomic mass is 32.2. The topological polar surface area (TPSA) is 37.4 Å². The normalized spacial score (nSPS) is 21.4. The molecule has 1 aromatic carbocycles. The summed E-state index contributed by atoms with van der Waals surface area (Å²) in [5.74, 6) is 0. The summed E-state index contributed by atoms with van der Waals surface area (Å²) in [6, 6.07) is 0.294. The van der Waals surface area contributed by atoms with Crippen LogP contribution in [0.15, 0.2) is 29.2 Å². The first-order valence-electron chi connectivity index (χ1n) is 6.70. The minimum absolute atomic E-state index is 0.239. The molecule has 1 fully saturated rings. The highest BCUT2D eigenvalue weighted by Crippen LogP contribution is 2.36. The number of hydrogen-bond acceptors (Lipinski definition) is 2. The molecule has 0 amide bonds. The maximum absolute atomic E-state index is 13.0. The molecule has 0 aromatic heterocycles. The lowest BCUT2D eigenvalue weighted by Gasteiger charge is -2.35. The molecular formula is C13H13F6NO2S. The van der Waals surface area contributed by atoms with Crippen LogP contribution in [0.1, 0.15) is 24.8 Å². The van der Waals surface area contributed by atoms with Crippen molar-refractivity contribution in [2.24, 2.45) is 0 Å². The molecule has 0 spiro atoms. The van der Waals surface area contributed by atoms with Crippen molar-refractivity contribution in [1.29, 1.82) is 0 Å². The fourth-order valence-electron chi connectivity index (χ4n) is 2.47. The Balaban J connectivity index is 2.36. The van der Waals surface area contributed by atoms with E-state index >= 15 is 0 Å². The molecule has 1 aliphatic rings. The molecule has 2 rings (SSSR count). The second kappa shape index (κ2) is 5.97. The van der Waals surface area contributed by atoms with Crippen LogP contribution in [0.5, 0.6) is 0 Å². The van der Waals surface area contributed by atoms with E-state index in [0.29, 0.717) is 28.6 Å². The van der Waals surface area contributed by atoms with Crippen LogP contribution in [-0.2, 0) is 16.2 Å². The van der Waals surface area contributed by atoms with Crippen LogP contribution < -0.4 is 0 Å². The van der Waals surface area contributed by atoms with Gasteiger partial charge in [-0.1, -0.05) is 6.42 Å². The lowest BCUT2D eigenvalue weighted by Crippen LogP contribution is -2.51. The van der Waals surface area contributed by atoms with Crippen LogP contribution in [0.4, 0.5) is 26.3 Å². The van der Waals surface area contributed by atoms with E-state index in [1.807, 2.05) is 0 Å². The fourth-order valence-corrected chi connectivity index (χ4v) is 4.15. The van der Waals surface area contributed by atoms with Crippen molar-refractivity contribution in [3.63, 3.8) is 0 Å². The first-order chi connectivity index (χ1) is 10.4. The zero-order chi connectivity index (χ0) is 17.5. The molecule has 3 nitrogen and oxygen atoms in total. The molecule has 1 aliphatic heterocycles. The van der Waals surface area contributed by atoms with Crippen molar-refractivity contribution in [3.8, 4) is 0 Å². The molecule has 0 saturated carbocycles. The van der Waals surface area contributed by atoms with E-state index in [4.69, 9.17) is 0 Å². The van der Waals surface area contributed by atoms with Crippen LogP contribution in [0.25, 0.3) is 0 Å². The van der Waals surface area contributed by atoms with Crippen molar-refractivity contribution in [2.45, 2.75) is 42.6 Å². The Labute approximate surface area is 128 Å². The largest absolute Gasteiger partial charge is 0.416 e. The summed E-state index contributed by atoms with van der Waals surface area (Å²) < 4.78 is 101. The third-order valence-electron chi connectivity index (χ3n) is 3.62. The van der Waals surface area contributed by atoms with Gasteiger partial charge in [-0.3, -0.25) is 0 Å². The molecule has 130 valence electrons. The van der Waals surface area contributed by atoms with Gasteiger partial charge in [0.05, 0.1) is 10.5 Å². The zero-order valence-corrected chi connectivity index (χ0v) is 12.5. The molecule has 1 unspecified atom stereocenters. The summed E-state index contributed by atoms with van der Waals surface area (Å²) in [5.41, 5.74) is -1.07. The predicted molar refractivity (Wildman–Crippen MR) is 69.0 cm³/mol. The fraction of sp³-hybridized carbons (Fsp3) is 0.538. The number of halogens is 6. The summed E-state index contributed by atoms with van der Waals surface area (Å²) in [4.78, 5) is -0.582. The van der Waals surface area contributed by atoms with Gasteiger partial charge in [-0.25, -0.2) is 8.42 Å². The number of rotatable bonds is 2. The zero-order valence-electron chi connectivity index (χ0n) is 11.7. The Morgan fingerprint density at radius 1 is 0.957 bits per heavy atom. The molecule has 10 heteroatoms. The van der Waals surface area contributed by atoms with Crippen molar-refractivity contribution in [3.05, 3.63) is 29.8 Å². The Morgan fingerprint density at radius 2 is 1.52 bits per heavy atom. The molecule has 23 heavy (non-hydrogen) atoms. The summed E-state index contributed by atoms with van der Waals surface area (Å²) in [6.07, 6.45) is -9.22. The van der Waals surface area contributed by atoms with E-state index in [9.17, 15) is 34.8 Å². The standard InChI is InChI=1S/C13H13F6NO2S/c14-12(15,16)9-4-6-10(7-5-9)23(21,22)20-8-2-1-3-11(20)13(17,18)19/h4-7,11H,1-3,8H2. The molecule has 0 radical (unpaired) electrons. The van der Waals surface area contributed by atoms with E-state index in [0.717, 1.165) is 0 Å². The van der Waals surface area contributed by atoms with Gasteiger partial charge in [0.2, 0.25) is 10.0 Å². The minimum Gasteiger partial charge on any atom is -0.207 e. The number of hydrogen-bond donors (Lipinski definition) is 0. The summed E-state index contributed by atoms with van der Waals surface area (Å²) in [5, 5.41) is 0. The number of benzene rings is 1. The lowest BCUT2D eigenvalue weighted by atomic mass is 10.0. The Morgan fingerprint density at radius 3 is 2.00 bits per heavy atom. The van der Waals surface area contributed by atoms with Gasteiger partial charge in [0.15, 0.2) is 0 Å². The number of alkyl halides is 6. The first-order valence-corrected chi connectivity index (χ1v) is 8.14.